The van der Waals surface area contributed by atoms with E-state index in [1.165, 1.54) is 12.3 Å². The van der Waals surface area contributed by atoms with Crippen molar-refractivity contribution in [2.75, 3.05) is 6.61 Å². The number of alkyl halides is 3. The molecule has 22 heavy (non-hydrogen) atoms. The summed E-state index contributed by atoms with van der Waals surface area (Å²) in [5, 5.41) is 11.0. The molecule has 0 saturated heterocycles. The van der Waals surface area contributed by atoms with Gasteiger partial charge in [0, 0.05) is 11.6 Å². The quantitative estimate of drug-likeness (QED) is 0.530. The molecule has 1 aromatic heterocycles. The topological polar surface area (TPSA) is 94.5 Å². The van der Waals surface area contributed by atoms with E-state index in [9.17, 15) is 28.1 Å². The summed E-state index contributed by atoms with van der Waals surface area (Å²) in [7, 11) is 0. The van der Waals surface area contributed by atoms with Crippen molar-refractivity contribution in [3.63, 3.8) is 0 Å². The van der Waals surface area contributed by atoms with E-state index in [2.05, 4.69) is 14.5 Å². The largest absolute Gasteiger partial charge is 0.573 e. The molecule has 0 aliphatic carbocycles. The minimum Gasteiger partial charge on any atom is -0.468 e. The molecule has 0 aliphatic rings. The summed E-state index contributed by atoms with van der Waals surface area (Å²) in [6, 6.07) is 3.23. The van der Waals surface area contributed by atoms with Crippen LogP contribution in [-0.2, 0) is 9.53 Å². The first kappa shape index (κ1) is 17.3. The Balaban J connectivity index is 0.000000422. The molecule has 0 bridgehead atoms. The van der Waals surface area contributed by atoms with E-state index >= 15 is 0 Å². The van der Waals surface area contributed by atoms with Crippen LogP contribution in [0, 0.1) is 10.1 Å². The van der Waals surface area contributed by atoms with Gasteiger partial charge in [-0.05, 0) is 19.1 Å². The van der Waals surface area contributed by atoms with Crippen LogP contribution >= 0.6 is 0 Å². The molecule has 0 unspecified atom stereocenters. The van der Waals surface area contributed by atoms with E-state index in [1.54, 1.807) is 6.92 Å². The number of benzene rings is 1. The van der Waals surface area contributed by atoms with Crippen LogP contribution in [0.3, 0.4) is 0 Å². The second-order valence-electron chi connectivity index (χ2n) is 3.74. The Hall–Kier alpha value is -2.78. The number of nitro benzene ring substituents is 1. The molecule has 1 aromatic carbocycles. The summed E-state index contributed by atoms with van der Waals surface area (Å²) < 4.78 is 43.8. The summed E-state index contributed by atoms with van der Waals surface area (Å²) in [4.78, 5) is 21.7. The zero-order valence-electron chi connectivity index (χ0n) is 11.2. The molecule has 0 amide bonds. The SMILES string of the molecule is CCOC=O.O=[N+]([O-])c1cc(OC(F)(F)F)cc2cc[nH]c12. The third-order valence-corrected chi connectivity index (χ3v) is 2.28. The molecule has 0 atom stereocenters. The fourth-order valence-corrected chi connectivity index (χ4v) is 1.53. The Morgan fingerprint density at radius 3 is 2.55 bits per heavy atom. The number of hydrogen-bond acceptors (Lipinski definition) is 5. The molecule has 0 fully saturated rings. The van der Waals surface area contributed by atoms with Gasteiger partial charge in [0.2, 0.25) is 0 Å². The van der Waals surface area contributed by atoms with E-state index in [-0.39, 0.29) is 10.9 Å². The van der Waals surface area contributed by atoms with E-state index in [1.807, 2.05) is 0 Å². The van der Waals surface area contributed by atoms with Crippen molar-refractivity contribution in [2.45, 2.75) is 13.3 Å². The van der Waals surface area contributed by atoms with Crippen molar-refractivity contribution in [3.8, 4) is 5.75 Å². The van der Waals surface area contributed by atoms with Gasteiger partial charge in [0.25, 0.3) is 12.2 Å². The van der Waals surface area contributed by atoms with Gasteiger partial charge in [-0.25, -0.2) is 0 Å². The summed E-state index contributed by atoms with van der Waals surface area (Å²) in [6.45, 7) is 2.66. The molecule has 0 spiro atoms. The van der Waals surface area contributed by atoms with Crippen molar-refractivity contribution in [1.82, 2.24) is 4.98 Å². The first-order valence-corrected chi connectivity index (χ1v) is 5.85. The smallest absolute Gasteiger partial charge is 0.468 e. The fraction of sp³-hybridized carbons (Fsp3) is 0.250. The van der Waals surface area contributed by atoms with Crippen LogP contribution in [0.1, 0.15) is 6.92 Å². The summed E-state index contributed by atoms with van der Waals surface area (Å²) in [5.41, 5.74) is -0.309. The predicted octanol–water partition coefficient (Wildman–Crippen LogP) is 3.15. The Morgan fingerprint density at radius 1 is 1.41 bits per heavy atom. The zero-order valence-corrected chi connectivity index (χ0v) is 11.2. The van der Waals surface area contributed by atoms with Crippen LogP contribution in [-0.4, -0.2) is 29.3 Å². The summed E-state index contributed by atoms with van der Waals surface area (Å²) in [6.07, 6.45) is -3.48. The molecule has 2 aromatic rings. The maximum absolute atomic E-state index is 12.0. The molecular weight excluding hydrogens is 309 g/mol. The highest BCUT2D eigenvalue weighted by Gasteiger charge is 2.32. The van der Waals surface area contributed by atoms with Crippen LogP contribution < -0.4 is 4.74 Å². The van der Waals surface area contributed by atoms with Crippen LogP contribution in [0.25, 0.3) is 10.9 Å². The Morgan fingerprint density at radius 2 is 2.09 bits per heavy atom. The molecule has 10 heteroatoms. The highest BCUT2D eigenvalue weighted by atomic mass is 19.4. The number of aromatic nitrogens is 1. The second kappa shape index (κ2) is 7.29. The molecule has 120 valence electrons. The number of fused-ring (bicyclic) bond motifs is 1. The Kier molecular flexibility index (Phi) is 5.72. The number of rotatable bonds is 4. The average Bonchev–Trinajstić information content (AvgIpc) is 2.85. The van der Waals surface area contributed by atoms with Crippen molar-refractivity contribution in [2.24, 2.45) is 0 Å². The fourth-order valence-electron chi connectivity index (χ4n) is 1.53. The van der Waals surface area contributed by atoms with Crippen LogP contribution in [0.15, 0.2) is 24.4 Å². The Labute approximate surface area is 121 Å². The maximum atomic E-state index is 12.0. The number of carbonyl (C=O) groups is 1. The molecule has 0 radical (unpaired) electrons. The second-order valence-corrected chi connectivity index (χ2v) is 3.74. The van der Waals surface area contributed by atoms with E-state index < -0.39 is 22.7 Å². The highest BCUT2D eigenvalue weighted by molar-refractivity contribution is 5.89. The molecule has 1 heterocycles. The highest BCUT2D eigenvalue weighted by Crippen LogP contribution is 2.32. The van der Waals surface area contributed by atoms with E-state index in [0.717, 1.165) is 12.1 Å². The van der Waals surface area contributed by atoms with Crippen molar-refractivity contribution in [3.05, 3.63) is 34.5 Å². The maximum Gasteiger partial charge on any atom is 0.573 e. The van der Waals surface area contributed by atoms with Gasteiger partial charge in [-0.1, -0.05) is 0 Å². The molecule has 0 saturated carbocycles. The monoisotopic (exact) mass is 320 g/mol. The normalized spacial score (nSPS) is 10.5. The van der Waals surface area contributed by atoms with Crippen LogP contribution in [0.2, 0.25) is 0 Å². The number of nitrogens with zero attached hydrogens (tertiary/aromatic N) is 1. The lowest BCUT2D eigenvalue weighted by Gasteiger charge is -2.08. The van der Waals surface area contributed by atoms with Gasteiger partial charge in [-0.15, -0.1) is 13.2 Å². The van der Waals surface area contributed by atoms with Crippen molar-refractivity contribution < 1.29 is 32.4 Å². The summed E-state index contributed by atoms with van der Waals surface area (Å²) in [5.74, 6) is -0.615. The molecular formula is C12H11F3N2O5. The minimum atomic E-state index is -4.88. The molecule has 2 rings (SSSR count). The van der Waals surface area contributed by atoms with Gasteiger partial charge in [-0.3, -0.25) is 14.9 Å². The van der Waals surface area contributed by atoms with Crippen LogP contribution in [0.5, 0.6) is 5.75 Å². The average molecular weight is 320 g/mol. The number of non-ortho nitro benzene ring substituents is 1. The molecule has 0 aliphatic heterocycles. The number of nitrogens with one attached hydrogen (secondary N) is 1. The van der Waals surface area contributed by atoms with Gasteiger partial charge in [0.15, 0.2) is 0 Å². The van der Waals surface area contributed by atoms with Gasteiger partial charge < -0.3 is 14.5 Å². The predicted molar refractivity (Wildman–Crippen MR) is 69.3 cm³/mol. The Bertz CT molecular complexity index is 654. The zero-order chi connectivity index (χ0) is 16.8. The minimum absolute atomic E-state index is 0.157. The number of nitro groups is 1. The third-order valence-electron chi connectivity index (χ3n) is 2.28. The van der Waals surface area contributed by atoms with Gasteiger partial charge in [0.1, 0.15) is 11.3 Å². The first-order chi connectivity index (χ1) is 10.3. The molecule has 1 N–H and O–H groups in total. The number of aromatic amines is 1. The number of hydrogen-bond donors (Lipinski definition) is 1. The standard InChI is InChI=1S/C9H5F3N2O3.C3H6O2/c10-9(11,12)17-6-3-5-1-2-13-8(5)7(4-6)14(15)16;1-2-5-3-4/h1-4,13H;3H,2H2,1H3. The van der Waals surface area contributed by atoms with Gasteiger partial charge in [-0.2, -0.15) is 0 Å². The van der Waals surface area contributed by atoms with E-state index in [0.29, 0.717) is 13.1 Å². The first-order valence-electron chi connectivity index (χ1n) is 5.85. The summed E-state index contributed by atoms with van der Waals surface area (Å²) >= 11 is 0. The number of ether oxygens (including phenoxy) is 2. The lowest BCUT2D eigenvalue weighted by molar-refractivity contribution is -0.383. The van der Waals surface area contributed by atoms with Gasteiger partial charge >= 0.3 is 6.36 Å². The number of halogens is 3. The van der Waals surface area contributed by atoms with Crippen molar-refractivity contribution >= 4 is 23.1 Å². The van der Waals surface area contributed by atoms with Gasteiger partial charge in [0.05, 0.1) is 17.6 Å². The third kappa shape index (κ3) is 4.96. The number of carbonyl (C=O) groups excluding carboxylic acids is 1. The lowest BCUT2D eigenvalue weighted by Crippen LogP contribution is -2.17. The lowest BCUT2D eigenvalue weighted by atomic mass is 10.2. The molecule has 7 nitrogen and oxygen atoms in total. The van der Waals surface area contributed by atoms with Crippen LogP contribution in [0.4, 0.5) is 18.9 Å². The van der Waals surface area contributed by atoms with E-state index in [4.69, 9.17) is 0 Å². The number of H-pyrrole nitrogens is 1. The van der Waals surface area contributed by atoms with Crippen molar-refractivity contribution in [1.29, 1.82) is 0 Å².